The third-order valence-electron chi connectivity index (χ3n) is 7.51. The molecule has 1 atom stereocenters. The van der Waals surface area contributed by atoms with Crippen LogP contribution in [-0.2, 0) is 17.9 Å². The van der Waals surface area contributed by atoms with E-state index in [1.165, 1.54) is 0 Å². The molecule has 2 aromatic heterocycles. The summed E-state index contributed by atoms with van der Waals surface area (Å²) in [6.07, 6.45) is -0.730. The van der Waals surface area contributed by atoms with Crippen molar-refractivity contribution in [3.8, 4) is 28.7 Å². The molecule has 0 saturated heterocycles. The number of carbonyl (C=O) groups excluding carboxylic acids is 1. The Morgan fingerprint density at radius 1 is 0.932 bits per heavy atom. The first-order valence-electron chi connectivity index (χ1n) is 14.2. The van der Waals surface area contributed by atoms with Crippen molar-refractivity contribution >= 4 is 27.8 Å². The molecule has 0 radical (unpaired) electrons. The van der Waals surface area contributed by atoms with Crippen molar-refractivity contribution in [1.82, 2.24) is 9.55 Å². The van der Waals surface area contributed by atoms with Crippen LogP contribution in [0.1, 0.15) is 30.4 Å². The van der Waals surface area contributed by atoms with Crippen molar-refractivity contribution in [2.45, 2.75) is 39.5 Å². The van der Waals surface area contributed by atoms with Gasteiger partial charge in [0.1, 0.15) is 29.9 Å². The molecule has 218 valence electrons. The summed E-state index contributed by atoms with van der Waals surface area (Å²) < 4.78 is 25.8. The van der Waals surface area contributed by atoms with Gasteiger partial charge in [-0.2, -0.15) is 0 Å². The number of carbonyl (C=O) groups is 1. The van der Waals surface area contributed by atoms with E-state index in [9.17, 15) is 9.90 Å². The molecule has 0 amide bonds. The zero-order chi connectivity index (χ0) is 29.9. The van der Waals surface area contributed by atoms with E-state index in [0.29, 0.717) is 41.9 Å². The minimum absolute atomic E-state index is 0. The quantitative estimate of drug-likeness (QED) is 0.211. The normalized spacial score (nSPS) is 11.7. The van der Waals surface area contributed by atoms with Crippen LogP contribution >= 0.6 is 0 Å². The maximum absolute atomic E-state index is 11.6. The molecule has 0 N–H and O–H groups in total. The van der Waals surface area contributed by atoms with Gasteiger partial charge in [-0.1, -0.05) is 55.5 Å². The number of carboxylic acids is 1. The molecule has 44 heavy (non-hydrogen) atoms. The molecular formula is C35H31N2NaO6. The van der Waals surface area contributed by atoms with Crippen LogP contribution in [0.15, 0.2) is 95.4 Å². The van der Waals surface area contributed by atoms with Gasteiger partial charge in [0.25, 0.3) is 0 Å². The molecule has 4 aromatic carbocycles. The summed E-state index contributed by atoms with van der Waals surface area (Å²) in [6, 6.07) is 29.3. The van der Waals surface area contributed by atoms with Crippen LogP contribution in [0.2, 0.25) is 0 Å². The molecule has 9 heteroatoms. The molecule has 6 rings (SSSR count). The van der Waals surface area contributed by atoms with Crippen molar-refractivity contribution in [2.75, 3.05) is 7.11 Å². The molecule has 6 aromatic rings. The number of methoxy groups -OCH3 is 1. The number of para-hydroxylation sites is 1. The zero-order valence-electron chi connectivity index (χ0n) is 25.2. The number of oxazole rings is 1. The number of ether oxygens (including phenoxy) is 3. The smallest absolute Gasteiger partial charge is 0.546 e. The summed E-state index contributed by atoms with van der Waals surface area (Å²) in [7, 11) is 1.62. The first-order valence-corrected chi connectivity index (χ1v) is 14.2. The van der Waals surface area contributed by atoms with Gasteiger partial charge in [-0.15, -0.1) is 0 Å². The second kappa shape index (κ2) is 13.6. The van der Waals surface area contributed by atoms with Gasteiger partial charge in [-0.25, -0.2) is 4.98 Å². The molecule has 0 fully saturated rings. The Balaban J connectivity index is 0.00000384. The minimum atomic E-state index is -1.23. The van der Waals surface area contributed by atoms with E-state index in [0.717, 1.165) is 38.6 Å². The van der Waals surface area contributed by atoms with E-state index < -0.39 is 12.1 Å². The van der Waals surface area contributed by atoms with Crippen molar-refractivity contribution < 1.29 is 58.1 Å². The van der Waals surface area contributed by atoms with Crippen LogP contribution < -0.4 is 48.9 Å². The number of rotatable bonds is 11. The summed E-state index contributed by atoms with van der Waals surface area (Å²) >= 11 is 0. The molecule has 0 aliphatic rings. The SMILES string of the molecule is CC[C@H](Oc1cccc2c1c1ccccc1n2Cc1ccc(OCc2nc(-c3ccccc3)oc2C)c(OC)c1)C(=O)[O-].[Na+]. The molecule has 2 heterocycles. The Bertz CT molecular complexity index is 1910. The van der Waals surface area contributed by atoms with E-state index in [2.05, 4.69) is 9.55 Å². The molecule has 0 unspecified atom stereocenters. The van der Waals surface area contributed by atoms with Crippen LogP contribution in [0.4, 0.5) is 0 Å². The van der Waals surface area contributed by atoms with E-state index in [1.807, 2.05) is 91.9 Å². The number of aromatic nitrogens is 2. The van der Waals surface area contributed by atoms with Gasteiger partial charge in [-0.3, -0.25) is 0 Å². The number of aliphatic carboxylic acids is 1. The Morgan fingerprint density at radius 3 is 2.43 bits per heavy atom. The van der Waals surface area contributed by atoms with Crippen molar-refractivity contribution in [3.05, 3.63) is 108 Å². The zero-order valence-corrected chi connectivity index (χ0v) is 27.2. The van der Waals surface area contributed by atoms with Gasteiger partial charge in [0.2, 0.25) is 5.89 Å². The first kappa shape index (κ1) is 31.2. The second-order valence-corrected chi connectivity index (χ2v) is 10.2. The van der Waals surface area contributed by atoms with Crippen LogP contribution in [0.3, 0.4) is 0 Å². The predicted molar refractivity (Wildman–Crippen MR) is 162 cm³/mol. The fourth-order valence-corrected chi connectivity index (χ4v) is 5.31. The molecule has 0 saturated carbocycles. The Labute approximate surface area is 277 Å². The van der Waals surface area contributed by atoms with E-state index in [-0.39, 0.29) is 36.2 Å². The Morgan fingerprint density at radius 2 is 1.68 bits per heavy atom. The third kappa shape index (κ3) is 6.19. The molecule has 0 aliphatic heterocycles. The molecule has 0 aliphatic carbocycles. The van der Waals surface area contributed by atoms with Gasteiger partial charge in [0.15, 0.2) is 11.5 Å². The third-order valence-corrected chi connectivity index (χ3v) is 7.51. The number of hydrogen-bond donors (Lipinski definition) is 0. The van der Waals surface area contributed by atoms with Crippen LogP contribution in [0, 0.1) is 6.92 Å². The average molecular weight is 599 g/mol. The average Bonchev–Trinajstić information content (AvgIpc) is 3.57. The monoisotopic (exact) mass is 598 g/mol. The Hall–Kier alpha value is -4.24. The second-order valence-electron chi connectivity index (χ2n) is 10.2. The summed E-state index contributed by atoms with van der Waals surface area (Å²) in [4.78, 5) is 16.2. The number of benzene rings is 4. The van der Waals surface area contributed by atoms with E-state index in [1.54, 1.807) is 20.1 Å². The summed E-state index contributed by atoms with van der Waals surface area (Å²) in [5.74, 6) is 1.75. The van der Waals surface area contributed by atoms with Crippen molar-refractivity contribution in [1.29, 1.82) is 0 Å². The van der Waals surface area contributed by atoms with Crippen molar-refractivity contribution in [2.24, 2.45) is 0 Å². The van der Waals surface area contributed by atoms with Gasteiger partial charge < -0.3 is 33.1 Å². The summed E-state index contributed by atoms with van der Waals surface area (Å²) in [5, 5.41) is 13.4. The minimum Gasteiger partial charge on any atom is -0.546 e. The van der Waals surface area contributed by atoms with E-state index in [4.69, 9.17) is 18.6 Å². The number of fused-ring (bicyclic) bond motifs is 3. The summed E-state index contributed by atoms with van der Waals surface area (Å²) in [6.45, 7) is 4.42. The fraction of sp³-hybridized carbons (Fsp3) is 0.200. The largest absolute Gasteiger partial charge is 1.00 e. The Kier molecular flexibility index (Phi) is 9.64. The number of carboxylic acid groups (broad SMARTS) is 1. The van der Waals surface area contributed by atoms with Gasteiger partial charge in [0, 0.05) is 28.4 Å². The van der Waals surface area contributed by atoms with Crippen LogP contribution in [-0.4, -0.2) is 28.7 Å². The van der Waals surface area contributed by atoms with Crippen LogP contribution in [0.5, 0.6) is 17.2 Å². The molecular weight excluding hydrogens is 567 g/mol. The molecule has 0 spiro atoms. The standard InChI is InChI=1S/C35H32N2O6.Na/c1-4-29(35(38)39)43-31-16-10-15-28-33(31)25-13-8-9-14-27(25)37(28)20-23-17-18-30(32(19-23)40-3)41-21-26-22(2)42-34(36-26)24-11-6-5-7-12-24;/h5-19,29H,4,20-21H2,1-3H3,(H,38,39);/q;+1/p-1/t29-;/m0./s1. The molecule has 8 nitrogen and oxygen atoms in total. The maximum Gasteiger partial charge on any atom is 1.00 e. The summed E-state index contributed by atoms with van der Waals surface area (Å²) in [5.41, 5.74) is 4.57. The maximum atomic E-state index is 11.6. The first-order chi connectivity index (χ1) is 21.0. The van der Waals surface area contributed by atoms with Gasteiger partial charge in [-0.05, 0) is 61.4 Å². The number of nitrogens with zero attached hydrogens (tertiary/aromatic N) is 2. The van der Waals surface area contributed by atoms with E-state index >= 15 is 0 Å². The van der Waals surface area contributed by atoms with Gasteiger partial charge >= 0.3 is 29.6 Å². The number of aryl methyl sites for hydroxylation is 1. The van der Waals surface area contributed by atoms with Gasteiger partial charge in [0.05, 0.1) is 18.6 Å². The van der Waals surface area contributed by atoms with Crippen LogP contribution in [0.25, 0.3) is 33.3 Å². The number of hydrogen-bond acceptors (Lipinski definition) is 7. The molecule has 0 bridgehead atoms. The van der Waals surface area contributed by atoms with Crippen molar-refractivity contribution in [3.63, 3.8) is 0 Å². The predicted octanol–water partition coefficient (Wildman–Crippen LogP) is 3.31. The topological polar surface area (TPSA) is 98.8 Å². The fourth-order valence-electron chi connectivity index (χ4n) is 5.31.